The van der Waals surface area contributed by atoms with E-state index in [-0.39, 0.29) is 24.2 Å². The molecule has 1 amide bonds. The van der Waals surface area contributed by atoms with Crippen LogP contribution in [0.15, 0.2) is 24.4 Å². The van der Waals surface area contributed by atoms with Crippen molar-refractivity contribution in [3.8, 4) is 0 Å². The molecule has 21 heavy (non-hydrogen) atoms. The monoisotopic (exact) mass is 289 g/mol. The molecule has 112 valence electrons. The third-order valence-corrected chi connectivity index (χ3v) is 3.65. The molecule has 2 N–H and O–H groups in total. The van der Waals surface area contributed by atoms with Crippen LogP contribution in [0.2, 0.25) is 0 Å². The first-order chi connectivity index (χ1) is 10.1. The number of hydrogen-bond donors (Lipinski definition) is 2. The fourth-order valence-corrected chi connectivity index (χ4v) is 2.32. The highest BCUT2D eigenvalue weighted by atomic mass is 16.5. The van der Waals surface area contributed by atoms with Crippen LogP contribution in [0.3, 0.4) is 0 Å². The molecule has 7 heteroatoms. The molecule has 0 bridgehead atoms. The van der Waals surface area contributed by atoms with E-state index in [2.05, 4.69) is 20.8 Å². The normalized spacial score (nSPS) is 18.2. The van der Waals surface area contributed by atoms with Crippen LogP contribution in [0, 0.1) is 0 Å². The summed E-state index contributed by atoms with van der Waals surface area (Å²) in [5, 5.41) is 14.2. The number of rotatable bonds is 5. The van der Waals surface area contributed by atoms with Crippen molar-refractivity contribution in [2.45, 2.75) is 25.5 Å². The fraction of sp³-hybridized carbons (Fsp3) is 0.500. The second-order valence-electron chi connectivity index (χ2n) is 5.62. The van der Waals surface area contributed by atoms with E-state index in [0.717, 1.165) is 18.7 Å². The largest absolute Gasteiger partial charge is 0.363 e. The highest BCUT2D eigenvalue weighted by Crippen LogP contribution is 2.15. The molecule has 1 aliphatic rings. The predicted octanol–water partition coefficient (Wildman–Crippen LogP) is 0.285. The molecule has 1 unspecified atom stereocenters. The zero-order valence-electron chi connectivity index (χ0n) is 12.2. The van der Waals surface area contributed by atoms with Gasteiger partial charge in [-0.2, -0.15) is 0 Å². The smallest absolute Gasteiger partial charge is 0.246 e. The van der Waals surface area contributed by atoms with Crippen LogP contribution >= 0.6 is 0 Å². The summed E-state index contributed by atoms with van der Waals surface area (Å²) < 4.78 is 7.48. The molecule has 0 spiro atoms. The van der Waals surface area contributed by atoms with Crippen molar-refractivity contribution in [1.29, 1.82) is 0 Å². The molecule has 2 aromatic heterocycles. The number of pyridine rings is 1. The van der Waals surface area contributed by atoms with Gasteiger partial charge in [0.2, 0.25) is 5.91 Å². The number of fused-ring (bicyclic) bond motifs is 1. The summed E-state index contributed by atoms with van der Waals surface area (Å²) in [7, 11) is 0. The summed E-state index contributed by atoms with van der Waals surface area (Å²) in [6.07, 6.45) is 1.88. The lowest BCUT2D eigenvalue weighted by molar-refractivity contribution is -0.136. The van der Waals surface area contributed by atoms with Gasteiger partial charge in [0, 0.05) is 19.3 Å². The Morgan fingerprint density at radius 1 is 1.52 bits per heavy atom. The van der Waals surface area contributed by atoms with E-state index in [9.17, 15) is 4.79 Å². The maximum absolute atomic E-state index is 12.0. The molecule has 2 aromatic rings. The first kappa shape index (κ1) is 14.0. The second-order valence-corrected chi connectivity index (χ2v) is 5.62. The molecule has 7 nitrogen and oxygen atoms in total. The molecule has 1 aliphatic heterocycles. The van der Waals surface area contributed by atoms with Gasteiger partial charge in [0.15, 0.2) is 11.5 Å². The lowest BCUT2D eigenvalue weighted by atomic mass is 10.0. The lowest BCUT2D eigenvalue weighted by Gasteiger charge is -2.38. The Morgan fingerprint density at radius 3 is 3.05 bits per heavy atom. The molecule has 0 saturated carbocycles. The van der Waals surface area contributed by atoms with Crippen molar-refractivity contribution in [2.75, 3.05) is 19.7 Å². The average molecular weight is 289 g/mol. The maximum atomic E-state index is 12.0. The van der Waals surface area contributed by atoms with Crippen LogP contribution in [0.4, 0.5) is 0 Å². The Kier molecular flexibility index (Phi) is 3.60. The van der Waals surface area contributed by atoms with Gasteiger partial charge in [0.25, 0.3) is 0 Å². The van der Waals surface area contributed by atoms with Gasteiger partial charge in [-0.25, -0.2) is 0 Å². The number of carbonyl (C=O) groups is 1. The van der Waals surface area contributed by atoms with Crippen molar-refractivity contribution in [3.63, 3.8) is 0 Å². The van der Waals surface area contributed by atoms with E-state index in [0.29, 0.717) is 5.82 Å². The molecule has 0 aromatic carbocycles. The number of ether oxygens (including phenoxy) is 1. The van der Waals surface area contributed by atoms with Gasteiger partial charge in [0.05, 0.1) is 11.6 Å². The van der Waals surface area contributed by atoms with E-state index in [1.165, 1.54) is 0 Å². The minimum atomic E-state index is -0.231. The Labute approximate surface area is 122 Å². The van der Waals surface area contributed by atoms with Gasteiger partial charge in [-0.3, -0.25) is 9.20 Å². The summed E-state index contributed by atoms with van der Waals surface area (Å²) in [6.45, 7) is 5.49. The summed E-state index contributed by atoms with van der Waals surface area (Å²) in [5.74, 6) is 0.554. The topological polar surface area (TPSA) is 80.5 Å². The molecule has 1 saturated heterocycles. The molecule has 1 fully saturated rings. The third kappa shape index (κ3) is 2.88. The van der Waals surface area contributed by atoms with E-state index < -0.39 is 0 Å². The SMILES string of the molecule is CC(NC(=O)COC1(C)CNC1)c1nnc2ccccn12. The molecule has 0 radical (unpaired) electrons. The van der Waals surface area contributed by atoms with Crippen LogP contribution < -0.4 is 10.6 Å². The maximum Gasteiger partial charge on any atom is 0.246 e. The van der Waals surface area contributed by atoms with Crippen LogP contribution in [0.1, 0.15) is 25.7 Å². The Balaban J connectivity index is 1.60. The second kappa shape index (κ2) is 5.42. The van der Waals surface area contributed by atoms with Crippen molar-refractivity contribution < 1.29 is 9.53 Å². The number of aromatic nitrogens is 3. The van der Waals surface area contributed by atoms with Crippen molar-refractivity contribution in [2.24, 2.45) is 0 Å². The van der Waals surface area contributed by atoms with Gasteiger partial charge in [0.1, 0.15) is 6.61 Å². The number of carbonyl (C=O) groups excluding carboxylic acids is 1. The van der Waals surface area contributed by atoms with Gasteiger partial charge >= 0.3 is 0 Å². The average Bonchev–Trinajstić information content (AvgIpc) is 2.87. The van der Waals surface area contributed by atoms with E-state index in [1.807, 2.05) is 42.6 Å². The predicted molar refractivity (Wildman–Crippen MR) is 76.8 cm³/mol. The molecule has 0 aliphatic carbocycles. The molecule has 1 atom stereocenters. The first-order valence-corrected chi connectivity index (χ1v) is 7.01. The summed E-state index contributed by atoms with van der Waals surface area (Å²) in [4.78, 5) is 12.0. The van der Waals surface area contributed by atoms with E-state index in [4.69, 9.17) is 4.74 Å². The van der Waals surface area contributed by atoms with Crippen LogP contribution in [0.25, 0.3) is 5.65 Å². The minimum Gasteiger partial charge on any atom is -0.363 e. The first-order valence-electron chi connectivity index (χ1n) is 7.01. The highest BCUT2D eigenvalue weighted by molar-refractivity contribution is 5.77. The standard InChI is InChI=1S/C14H19N5O2/c1-10(13-18-17-11-5-3-4-6-19(11)13)16-12(20)7-21-14(2)8-15-9-14/h3-6,10,15H,7-9H2,1-2H3,(H,16,20). The molecule has 3 heterocycles. The molecular weight excluding hydrogens is 270 g/mol. The minimum absolute atomic E-state index is 0.0548. The molecular formula is C14H19N5O2. The Hall–Kier alpha value is -1.99. The van der Waals surface area contributed by atoms with Crippen LogP contribution in [-0.4, -0.2) is 45.8 Å². The van der Waals surface area contributed by atoms with Crippen LogP contribution in [0.5, 0.6) is 0 Å². The zero-order chi connectivity index (χ0) is 14.9. The van der Waals surface area contributed by atoms with E-state index >= 15 is 0 Å². The van der Waals surface area contributed by atoms with Gasteiger partial charge in [-0.05, 0) is 26.0 Å². The zero-order valence-corrected chi connectivity index (χ0v) is 12.2. The van der Waals surface area contributed by atoms with Crippen molar-refractivity contribution >= 4 is 11.6 Å². The van der Waals surface area contributed by atoms with Gasteiger partial charge < -0.3 is 15.4 Å². The number of nitrogens with one attached hydrogen (secondary N) is 2. The fourth-order valence-electron chi connectivity index (χ4n) is 2.32. The number of hydrogen-bond acceptors (Lipinski definition) is 5. The summed E-state index contributed by atoms with van der Waals surface area (Å²) in [5.41, 5.74) is 0.542. The Bertz CT molecular complexity index is 650. The van der Waals surface area contributed by atoms with Crippen molar-refractivity contribution in [1.82, 2.24) is 25.2 Å². The van der Waals surface area contributed by atoms with Crippen molar-refractivity contribution in [3.05, 3.63) is 30.2 Å². The van der Waals surface area contributed by atoms with Gasteiger partial charge in [-0.1, -0.05) is 6.07 Å². The van der Waals surface area contributed by atoms with Crippen LogP contribution in [-0.2, 0) is 9.53 Å². The third-order valence-electron chi connectivity index (χ3n) is 3.65. The van der Waals surface area contributed by atoms with E-state index in [1.54, 1.807) is 0 Å². The number of amides is 1. The molecule has 3 rings (SSSR count). The van der Waals surface area contributed by atoms with Gasteiger partial charge in [-0.15, -0.1) is 10.2 Å². The summed E-state index contributed by atoms with van der Waals surface area (Å²) in [6, 6.07) is 5.45. The quantitative estimate of drug-likeness (QED) is 0.826. The lowest BCUT2D eigenvalue weighted by Crippen LogP contribution is -2.59. The Morgan fingerprint density at radius 2 is 2.33 bits per heavy atom. The summed E-state index contributed by atoms with van der Waals surface area (Å²) >= 11 is 0. The highest BCUT2D eigenvalue weighted by Gasteiger charge is 2.33. The number of nitrogens with zero attached hydrogens (tertiary/aromatic N) is 3.